The van der Waals surface area contributed by atoms with Crippen LogP contribution in [0.5, 0.6) is 0 Å². The fraction of sp³-hybridized carbons (Fsp3) is 0.353. The van der Waals surface area contributed by atoms with Crippen molar-refractivity contribution in [1.82, 2.24) is 30.3 Å². The van der Waals surface area contributed by atoms with Crippen LogP contribution in [0.1, 0.15) is 12.8 Å². The van der Waals surface area contributed by atoms with E-state index in [1.807, 2.05) is 18.2 Å². The first-order valence-corrected chi connectivity index (χ1v) is 8.58. The van der Waals surface area contributed by atoms with E-state index in [-0.39, 0.29) is 12.1 Å². The summed E-state index contributed by atoms with van der Waals surface area (Å²) in [6.45, 7) is 1.58. The van der Waals surface area contributed by atoms with Gasteiger partial charge in [0.05, 0.1) is 5.69 Å². The summed E-state index contributed by atoms with van der Waals surface area (Å²) in [6, 6.07) is 7.12. The largest absolute Gasteiger partial charge is 0.339 e. The molecule has 26 heavy (non-hydrogen) atoms. The maximum atomic E-state index is 12.4. The second-order valence-electron chi connectivity index (χ2n) is 6.30. The minimum Gasteiger partial charge on any atom is -0.339 e. The van der Waals surface area contributed by atoms with Gasteiger partial charge in [0.25, 0.3) is 0 Å². The highest BCUT2D eigenvalue weighted by Crippen LogP contribution is 2.20. The zero-order valence-electron chi connectivity index (χ0n) is 14.5. The molecule has 0 radical (unpaired) electrons. The first kappa shape index (κ1) is 16.2. The lowest BCUT2D eigenvalue weighted by atomic mass is 10.1. The van der Waals surface area contributed by atoms with E-state index >= 15 is 0 Å². The summed E-state index contributed by atoms with van der Waals surface area (Å²) in [7, 11) is 1.76. The van der Waals surface area contributed by atoms with Crippen LogP contribution in [-0.2, 0) is 7.05 Å². The predicted molar refractivity (Wildman–Crippen MR) is 97.9 cm³/mol. The van der Waals surface area contributed by atoms with E-state index in [1.165, 1.54) is 4.80 Å². The molecule has 134 valence electrons. The Morgan fingerprint density at radius 3 is 2.88 bits per heavy atom. The monoisotopic (exact) mass is 352 g/mol. The normalized spacial score (nSPS) is 17.3. The van der Waals surface area contributed by atoms with Crippen molar-refractivity contribution < 1.29 is 4.79 Å². The van der Waals surface area contributed by atoms with Crippen LogP contribution in [0.4, 0.5) is 16.4 Å². The Hall–Kier alpha value is -3.23. The second kappa shape index (κ2) is 6.95. The molecule has 1 atom stereocenters. The Balaban J connectivity index is 1.41. The molecule has 1 fully saturated rings. The first-order valence-electron chi connectivity index (χ1n) is 8.58. The van der Waals surface area contributed by atoms with Gasteiger partial charge < -0.3 is 15.5 Å². The zero-order chi connectivity index (χ0) is 17.9. The number of fused-ring (bicyclic) bond motifs is 1. The lowest BCUT2D eigenvalue weighted by Crippen LogP contribution is -2.49. The van der Waals surface area contributed by atoms with Gasteiger partial charge in [0.2, 0.25) is 5.95 Å². The number of piperidine rings is 1. The second-order valence-corrected chi connectivity index (χ2v) is 6.30. The summed E-state index contributed by atoms with van der Waals surface area (Å²) < 4.78 is 0. The number of rotatable bonds is 3. The van der Waals surface area contributed by atoms with Gasteiger partial charge in [0.1, 0.15) is 11.0 Å². The van der Waals surface area contributed by atoms with Gasteiger partial charge in [-0.2, -0.15) is 15.0 Å². The molecule has 3 heterocycles. The van der Waals surface area contributed by atoms with E-state index in [2.05, 4.69) is 35.7 Å². The van der Waals surface area contributed by atoms with Gasteiger partial charge in [-0.1, -0.05) is 6.07 Å². The van der Waals surface area contributed by atoms with Crippen LogP contribution in [0.25, 0.3) is 11.0 Å². The maximum absolute atomic E-state index is 12.4. The van der Waals surface area contributed by atoms with Gasteiger partial charge >= 0.3 is 6.03 Å². The van der Waals surface area contributed by atoms with Gasteiger partial charge in [-0.25, -0.2) is 14.8 Å². The molecule has 1 saturated heterocycles. The van der Waals surface area contributed by atoms with Crippen LogP contribution in [0, 0.1) is 0 Å². The van der Waals surface area contributed by atoms with E-state index in [9.17, 15) is 4.79 Å². The molecule has 0 aliphatic carbocycles. The topological polar surface area (TPSA) is 101 Å². The van der Waals surface area contributed by atoms with Gasteiger partial charge in [-0.05, 0) is 31.0 Å². The van der Waals surface area contributed by atoms with Crippen molar-refractivity contribution in [2.45, 2.75) is 18.9 Å². The van der Waals surface area contributed by atoms with E-state index in [1.54, 1.807) is 25.5 Å². The number of nitrogens with zero attached hydrogens (tertiary/aromatic N) is 6. The third kappa shape index (κ3) is 3.41. The summed E-state index contributed by atoms with van der Waals surface area (Å²) in [5.41, 5.74) is 2.07. The molecule has 1 aromatic carbocycles. The van der Waals surface area contributed by atoms with Crippen LogP contribution in [0.3, 0.4) is 0 Å². The first-order chi connectivity index (χ1) is 12.7. The fourth-order valence-corrected chi connectivity index (χ4v) is 3.22. The Labute approximate surface area is 150 Å². The number of carbonyl (C=O) groups excluding carboxylic acids is 1. The standard InChI is InChI=1S/C17H20N8O/c1-24-22-14-7-2-6-13(15(14)23-24)21-17(26)20-12-5-3-10-25(11-12)16-18-8-4-9-19-16/h2,4,6-9,12H,3,5,10-11H2,1H3,(H2,20,21,26)/t12-/m0/s1. The van der Waals surface area contributed by atoms with Crippen LogP contribution >= 0.6 is 0 Å². The molecule has 2 amide bonds. The van der Waals surface area contributed by atoms with Crippen molar-refractivity contribution in [2.24, 2.45) is 7.05 Å². The van der Waals surface area contributed by atoms with Crippen molar-refractivity contribution in [3.63, 3.8) is 0 Å². The average Bonchev–Trinajstić information content (AvgIpc) is 3.04. The van der Waals surface area contributed by atoms with Gasteiger partial charge in [0, 0.05) is 38.6 Å². The number of amides is 2. The molecule has 0 bridgehead atoms. The maximum Gasteiger partial charge on any atom is 0.319 e. The van der Waals surface area contributed by atoms with E-state index in [0.717, 1.165) is 24.9 Å². The Kier molecular flexibility index (Phi) is 4.34. The molecule has 9 heteroatoms. The van der Waals surface area contributed by atoms with Gasteiger partial charge in [-0.3, -0.25) is 0 Å². The van der Waals surface area contributed by atoms with Crippen LogP contribution in [-0.4, -0.2) is 50.1 Å². The highest BCUT2D eigenvalue weighted by molar-refractivity contribution is 5.98. The molecule has 2 aromatic heterocycles. The van der Waals surface area contributed by atoms with E-state index in [0.29, 0.717) is 23.7 Å². The minimum absolute atomic E-state index is 0.0358. The molecule has 2 N–H and O–H groups in total. The quantitative estimate of drug-likeness (QED) is 0.742. The minimum atomic E-state index is -0.246. The number of benzene rings is 1. The summed E-state index contributed by atoms with van der Waals surface area (Å²) in [5, 5.41) is 14.5. The van der Waals surface area contributed by atoms with Gasteiger partial charge in [-0.15, -0.1) is 0 Å². The summed E-state index contributed by atoms with van der Waals surface area (Å²) in [5.74, 6) is 0.698. The van der Waals surface area contributed by atoms with Crippen molar-refractivity contribution in [2.75, 3.05) is 23.3 Å². The summed E-state index contributed by atoms with van der Waals surface area (Å²) >= 11 is 0. The molecular formula is C17H20N8O. The highest BCUT2D eigenvalue weighted by Gasteiger charge is 2.23. The lowest BCUT2D eigenvalue weighted by molar-refractivity contribution is 0.246. The van der Waals surface area contributed by atoms with Crippen LogP contribution in [0.2, 0.25) is 0 Å². The highest BCUT2D eigenvalue weighted by atomic mass is 16.2. The van der Waals surface area contributed by atoms with Crippen molar-refractivity contribution in [3.8, 4) is 0 Å². The third-order valence-corrected chi connectivity index (χ3v) is 4.35. The number of hydrogen-bond donors (Lipinski definition) is 2. The molecule has 9 nitrogen and oxygen atoms in total. The van der Waals surface area contributed by atoms with Gasteiger partial charge in [0.15, 0.2) is 0 Å². The van der Waals surface area contributed by atoms with Crippen molar-refractivity contribution in [1.29, 1.82) is 0 Å². The van der Waals surface area contributed by atoms with E-state index < -0.39 is 0 Å². The molecule has 0 saturated carbocycles. The fourth-order valence-electron chi connectivity index (χ4n) is 3.22. The molecule has 4 rings (SSSR count). The molecular weight excluding hydrogens is 332 g/mol. The Morgan fingerprint density at radius 1 is 1.19 bits per heavy atom. The Morgan fingerprint density at radius 2 is 2.04 bits per heavy atom. The number of carbonyl (C=O) groups is 1. The number of nitrogens with one attached hydrogen (secondary N) is 2. The molecule has 0 spiro atoms. The van der Waals surface area contributed by atoms with E-state index in [4.69, 9.17) is 0 Å². The number of urea groups is 1. The number of hydrogen-bond acceptors (Lipinski definition) is 6. The third-order valence-electron chi connectivity index (χ3n) is 4.35. The number of aryl methyl sites for hydroxylation is 1. The van der Waals surface area contributed by atoms with Crippen LogP contribution in [0.15, 0.2) is 36.7 Å². The zero-order valence-corrected chi connectivity index (χ0v) is 14.5. The molecule has 1 aliphatic rings. The van der Waals surface area contributed by atoms with Crippen molar-refractivity contribution in [3.05, 3.63) is 36.7 Å². The Bertz CT molecular complexity index is 910. The number of aromatic nitrogens is 5. The van der Waals surface area contributed by atoms with Crippen LogP contribution < -0.4 is 15.5 Å². The average molecular weight is 352 g/mol. The lowest BCUT2D eigenvalue weighted by Gasteiger charge is -2.33. The SMILES string of the molecule is Cn1nc2cccc(NC(=O)N[C@H]3CCCN(c4ncccn4)C3)c2n1. The predicted octanol–water partition coefficient (Wildman–Crippen LogP) is 1.55. The summed E-state index contributed by atoms with van der Waals surface area (Å²) in [4.78, 5) is 24.6. The number of anilines is 2. The van der Waals surface area contributed by atoms with Crippen molar-refractivity contribution >= 4 is 28.7 Å². The molecule has 1 aliphatic heterocycles. The smallest absolute Gasteiger partial charge is 0.319 e. The summed E-state index contributed by atoms with van der Waals surface area (Å²) in [6.07, 6.45) is 5.36. The molecule has 3 aromatic rings. The molecule has 0 unspecified atom stereocenters.